The van der Waals surface area contributed by atoms with Crippen LogP contribution in [0.15, 0.2) is 42.6 Å². The fraction of sp³-hybridized carbons (Fsp3) is 0.333. The predicted octanol–water partition coefficient (Wildman–Crippen LogP) is 5.09. The molecule has 0 bridgehead atoms. The van der Waals surface area contributed by atoms with Crippen molar-refractivity contribution in [2.75, 3.05) is 7.11 Å². The molecule has 1 aliphatic rings. The van der Waals surface area contributed by atoms with Gasteiger partial charge in [0.05, 0.1) is 18.4 Å². The number of fused-ring (bicyclic) bond motifs is 1. The first-order chi connectivity index (χ1) is 12.3. The Morgan fingerprint density at radius 1 is 1.08 bits per heavy atom. The molecule has 2 heterocycles. The Hall–Kier alpha value is -2.80. The minimum Gasteiger partial charge on any atom is -0.497 e. The number of methoxy groups -OCH3 is 1. The highest BCUT2D eigenvalue weighted by Crippen LogP contribution is 2.33. The summed E-state index contributed by atoms with van der Waals surface area (Å²) in [5, 5.41) is 10.4. The van der Waals surface area contributed by atoms with E-state index < -0.39 is 0 Å². The van der Waals surface area contributed by atoms with E-state index in [1.54, 1.807) is 7.11 Å². The van der Waals surface area contributed by atoms with Crippen molar-refractivity contribution >= 4 is 11.0 Å². The molecular weight excluding hydrogens is 310 g/mol. The van der Waals surface area contributed by atoms with E-state index in [9.17, 15) is 5.26 Å². The number of hydrogen-bond acceptors (Lipinski definition) is 3. The van der Waals surface area contributed by atoms with Gasteiger partial charge in [0.15, 0.2) is 0 Å². The molecule has 25 heavy (non-hydrogen) atoms. The molecule has 0 atom stereocenters. The Morgan fingerprint density at radius 2 is 1.84 bits per heavy atom. The first-order valence-electron chi connectivity index (χ1n) is 8.86. The molecule has 1 saturated carbocycles. The summed E-state index contributed by atoms with van der Waals surface area (Å²) in [6, 6.07) is 14.7. The van der Waals surface area contributed by atoms with Gasteiger partial charge in [-0.1, -0.05) is 19.3 Å². The van der Waals surface area contributed by atoms with Crippen molar-refractivity contribution in [2.45, 2.75) is 38.1 Å². The van der Waals surface area contributed by atoms with Crippen LogP contribution < -0.4 is 4.74 Å². The maximum atomic E-state index is 9.49. The van der Waals surface area contributed by atoms with Gasteiger partial charge in [-0.25, -0.2) is 4.98 Å². The van der Waals surface area contributed by atoms with Gasteiger partial charge in [0.25, 0.3) is 0 Å². The molecule has 3 aromatic rings. The Labute approximate surface area is 147 Å². The predicted molar refractivity (Wildman–Crippen MR) is 98.6 cm³/mol. The number of benzene rings is 1. The Balaban J connectivity index is 1.81. The molecule has 0 N–H and O–H groups in total. The van der Waals surface area contributed by atoms with Gasteiger partial charge in [-0.2, -0.15) is 5.26 Å². The van der Waals surface area contributed by atoms with Gasteiger partial charge in [-0.05, 0) is 49.2 Å². The molecule has 4 heteroatoms. The standard InChI is InChI=1S/C21H21N3O/c1-25-18-9-7-15(8-10-18)20-12-11-19-16(13-22)14-24(21(19)23-20)17-5-3-2-4-6-17/h7-12,14,17H,2-6H2,1H3. The minimum atomic E-state index is 0.456. The highest BCUT2D eigenvalue weighted by atomic mass is 16.5. The van der Waals surface area contributed by atoms with Crippen molar-refractivity contribution in [3.05, 3.63) is 48.2 Å². The van der Waals surface area contributed by atoms with Crippen molar-refractivity contribution < 1.29 is 4.74 Å². The smallest absolute Gasteiger partial charge is 0.142 e. The number of nitrogens with zero attached hydrogens (tertiary/aromatic N) is 3. The lowest BCUT2D eigenvalue weighted by atomic mass is 9.95. The first kappa shape index (κ1) is 15.7. The molecule has 1 aliphatic carbocycles. The summed E-state index contributed by atoms with van der Waals surface area (Å²) in [5.74, 6) is 0.835. The number of rotatable bonds is 3. The average molecular weight is 331 g/mol. The molecule has 0 unspecified atom stereocenters. The van der Waals surface area contributed by atoms with E-state index in [0.717, 1.165) is 28.0 Å². The van der Waals surface area contributed by atoms with Crippen molar-refractivity contribution in [3.8, 4) is 23.1 Å². The van der Waals surface area contributed by atoms with Gasteiger partial charge in [0.2, 0.25) is 0 Å². The van der Waals surface area contributed by atoms with Crippen LogP contribution in [0.2, 0.25) is 0 Å². The number of ether oxygens (including phenoxy) is 1. The van der Waals surface area contributed by atoms with Crippen LogP contribution in [0.25, 0.3) is 22.3 Å². The van der Waals surface area contributed by atoms with Crippen molar-refractivity contribution in [1.82, 2.24) is 9.55 Å². The third-order valence-corrected chi connectivity index (χ3v) is 5.15. The summed E-state index contributed by atoms with van der Waals surface area (Å²) in [5.41, 5.74) is 3.62. The van der Waals surface area contributed by atoms with Crippen LogP contribution in [0.4, 0.5) is 0 Å². The third-order valence-electron chi connectivity index (χ3n) is 5.15. The normalized spacial score (nSPS) is 15.2. The van der Waals surface area contributed by atoms with Crippen LogP contribution in [-0.2, 0) is 0 Å². The highest BCUT2D eigenvalue weighted by Gasteiger charge is 2.20. The summed E-state index contributed by atoms with van der Waals surface area (Å²) < 4.78 is 7.47. The Bertz CT molecular complexity index is 928. The number of aromatic nitrogens is 2. The van der Waals surface area contributed by atoms with E-state index in [0.29, 0.717) is 11.6 Å². The fourth-order valence-electron chi connectivity index (χ4n) is 3.77. The summed E-state index contributed by atoms with van der Waals surface area (Å²) in [6.45, 7) is 0. The molecule has 0 amide bonds. The second kappa shape index (κ2) is 6.60. The van der Waals surface area contributed by atoms with Crippen LogP contribution in [0.1, 0.15) is 43.7 Å². The Morgan fingerprint density at radius 3 is 2.52 bits per heavy atom. The molecule has 1 fully saturated rings. The summed E-state index contributed by atoms with van der Waals surface area (Å²) in [6.07, 6.45) is 8.15. The molecule has 126 valence electrons. The molecular formula is C21H21N3O. The lowest BCUT2D eigenvalue weighted by molar-refractivity contribution is 0.359. The zero-order chi connectivity index (χ0) is 17.2. The number of hydrogen-bond donors (Lipinski definition) is 0. The molecule has 1 aromatic carbocycles. The average Bonchev–Trinajstić information content (AvgIpc) is 3.07. The third kappa shape index (κ3) is 2.87. The summed E-state index contributed by atoms with van der Waals surface area (Å²) >= 11 is 0. The van der Waals surface area contributed by atoms with E-state index in [1.807, 2.05) is 42.6 Å². The molecule has 0 aliphatic heterocycles. The highest BCUT2D eigenvalue weighted by molar-refractivity contribution is 5.85. The molecule has 2 aromatic heterocycles. The number of nitriles is 1. The molecule has 0 spiro atoms. The van der Waals surface area contributed by atoms with Crippen LogP contribution in [0.5, 0.6) is 5.75 Å². The van der Waals surface area contributed by atoms with E-state index in [2.05, 4.69) is 10.6 Å². The monoisotopic (exact) mass is 331 g/mol. The van der Waals surface area contributed by atoms with Crippen molar-refractivity contribution in [2.24, 2.45) is 0 Å². The topological polar surface area (TPSA) is 50.8 Å². The molecule has 4 rings (SSSR count). The lowest BCUT2D eigenvalue weighted by Crippen LogP contribution is -2.12. The minimum absolute atomic E-state index is 0.456. The van der Waals surface area contributed by atoms with E-state index in [1.165, 1.54) is 32.1 Å². The molecule has 0 saturated heterocycles. The SMILES string of the molecule is COc1ccc(-c2ccc3c(C#N)cn(C4CCCCC4)c3n2)cc1. The van der Waals surface area contributed by atoms with Gasteiger partial charge in [-0.15, -0.1) is 0 Å². The van der Waals surface area contributed by atoms with Crippen LogP contribution in [0.3, 0.4) is 0 Å². The van der Waals surface area contributed by atoms with Crippen LogP contribution >= 0.6 is 0 Å². The van der Waals surface area contributed by atoms with Crippen LogP contribution in [0, 0.1) is 11.3 Å². The van der Waals surface area contributed by atoms with Gasteiger partial charge in [0, 0.05) is 23.2 Å². The second-order valence-electron chi connectivity index (χ2n) is 6.65. The number of pyridine rings is 1. The maximum absolute atomic E-state index is 9.49. The fourth-order valence-corrected chi connectivity index (χ4v) is 3.77. The summed E-state index contributed by atoms with van der Waals surface area (Å²) in [7, 11) is 1.67. The van der Waals surface area contributed by atoms with E-state index >= 15 is 0 Å². The van der Waals surface area contributed by atoms with E-state index in [-0.39, 0.29) is 0 Å². The van der Waals surface area contributed by atoms with Gasteiger partial charge in [0.1, 0.15) is 17.5 Å². The molecule has 0 radical (unpaired) electrons. The second-order valence-corrected chi connectivity index (χ2v) is 6.65. The van der Waals surface area contributed by atoms with E-state index in [4.69, 9.17) is 9.72 Å². The van der Waals surface area contributed by atoms with Crippen molar-refractivity contribution in [1.29, 1.82) is 5.26 Å². The van der Waals surface area contributed by atoms with Gasteiger partial charge < -0.3 is 9.30 Å². The zero-order valence-corrected chi connectivity index (χ0v) is 14.4. The zero-order valence-electron chi connectivity index (χ0n) is 14.4. The van der Waals surface area contributed by atoms with Crippen molar-refractivity contribution in [3.63, 3.8) is 0 Å². The quantitative estimate of drug-likeness (QED) is 0.672. The largest absolute Gasteiger partial charge is 0.497 e. The first-order valence-corrected chi connectivity index (χ1v) is 8.86. The molecule has 4 nitrogen and oxygen atoms in total. The Kier molecular flexibility index (Phi) is 4.15. The summed E-state index contributed by atoms with van der Waals surface area (Å²) in [4.78, 5) is 4.92. The lowest BCUT2D eigenvalue weighted by Gasteiger charge is -2.23. The maximum Gasteiger partial charge on any atom is 0.142 e. The van der Waals surface area contributed by atoms with Gasteiger partial charge in [-0.3, -0.25) is 0 Å². The van der Waals surface area contributed by atoms with Crippen LogP contribution in [-0.4, -0.2) is 16.7 Å². The van der Waals surface area contributed by atoms with Gasteiger partial charge >= 0.3 is 0 Å².